The second-order valence-corrected chi connectivity index (χ2v) is 4.15. The van der Waals surface area contributed by atoms with Crippen molar-refractivity contribution in [1.82, 2.24) is 4.98 Å². The van der Waals surface area contributed by atoms with Crippen molar-refractivity contribution in [3.63, 3.8) is 0 Å². The van der Waals surface area contributed by atoms with Crippen molar-refractivity contribution in [3.8, 4) is 0 Å². The number of alkyl halides is 3. The number of halogens is 7. The second kappa shape index (κ2) is 6.23. The monoisotopic (exact) mass is 337 g/mol. The Labute approximate surface area is 124 Å². The highest BCUT2D eigenvalue weighted by atomic mass is 19.4. The Morgan fingerprint density at radius 3 is 2.09 bits per heavy atom. The summed E-state index contributed by atoms with van der Waals surface area (Å²) in [5, 5.41) is 3.17. The quantitative estimate of drug-likeness (QED) is 0.396. The summed E-state index contributed by atoms with van der Waals surface area (Å²) >= 11 is 0. The molecule has 1 aromatic carbocycles. The first-order valence-corrected chi connectivity index (χ1v) is 5.87. The van der Waals surface area contributed by atoms with Crippen LogP contribution in [0.4, 0.5) is 36.4 Å². The fourth-order valence-electron chi connectivity index (χ4n) is 1.62. The highest BCUT2D eigenvalue weighted by molar-refractivity contribution is 5.82. The summed E-state index contributed by atoms with van der Waals surface area (Å²) in [6.07, 6.45) is -4.06. The summed E-state index contributed by atoms with van der Waals surface area (Å²) in [6.45, 7) is 0. The summed E-state index contributed by atoms with van der Waals surface area (Å²) in [4.78, 5) is 2.32. The third-order valence-electron chi connectivity index (χ3n) is 2.64. The number of hydrogen-bond acceptors (Lipinski definition) is 3. The van der Waals surface area contributed by atoms with Crippen molar-refractivity contribution in [2.24, 2.45) is 5.10 Å². The molecule has 0 spiro atoms. The van der Waals surface area contributed by atoms with E-state index < -0.39 is 46.5 Å². The van der Waals surface area contributed by atoms with Gasteiger partial charge < -0.3 is 0 Å². The smallest absolute Gasteiger partial charge is 0.272 e. The van der Waals surface area contributed by atoms with Gasteiger partial charge in [0.15, 0.2) is 0 Å². The first-order chi connectivity index (χ1) is 10.7. The van der Waals surface area contributed by atoms with Crippen LogP contribution in [0, 0.1) is 23.5 Å². The molecule has 2 aromatic rings. The third-order valence-corrected chi connectivity index (χ3v) is 2.64. The standard InChI is InChI=1S/C13H6F7N3/c14-8-10(9(15)12(17)22-11(8)16)23-21-5-6-3-1-2-4-7(6)13(18,19)20/h1-5H,(H,22,23). The third kappa shape index (κ3) is 3.58. The number of hydrogen-bond donors (Lipinski definition) is 1. The molecule has 0 saturated heterocycles. The van der Waals surface area contributed by atoms with E-state index in [0.717, 1.165) is 18.2 Å². The van der Waals surface area contributed by atoms with Gasteiger partial charge in [-0.05, 0) is 6.07 Å². The molecule has 0 aliphatic carbocycles. The van der Waals surface area contributed by atoms with Gasteiger partial charge in [0.25, 0.3) is 11.9 Å². The number of benzene rings is 1. The van der Waals surface area contributed by atoms with Crippen LogP contribution in [0.2, 0.25) is 0 Å². The van der Waals surface area contributed by atoms with E-state index in [1.165, 1.54) is 6.07 Å². The highest BCUT2D eigenvalue weighted by Crippen LogP contribution is 2.31. The minimum absolute atomic E-state index is 0.414. The Bertz CT molecular complexity index is 730. The number of nitrogens with zero attached hydrogens (tertiary/aromatic N) is 2. The number of hydrazone groups is 1. The van der Waals surface area contributed by atoms with Gasteiger partial charge in [-0.25, -0.2) is 0 Å². The van der Waals surface area contributed by atoms with Crippen LogP contribution in [-0.4, -0.2) is 11.2 Å². The van der Waals surface area contributed by atoms with Crippen LogP contribution in [0.3, 0.4) is 0 Å². The maximum absolute atomic E-state index is 13.3. The summed E-state index contributed by atoms with van der Waals surface area (Å²) in [6, 6.07) is 4.24. The van der Waals surface area contributed by atoms with Crippen molar-refractivity contribution in [1.29, 1.82) is 0 Å². The molecular formula is C13H6F7N3. The van der Waals surface area contributed by atoms with Gasteiger partial charge in [-0.15, -0.1) is 0 Å². The highest BCUT2D eigenvalue weighted by Gasteiger charge is 2.32. The van der Waals surface area contributed by atoms with Crippen LogP contribution < -0.4 is 5.43 Å². The predicted molar refractivity (Wildman–Crippen MR) is 66.7 cm³/mol. The molecule has 0 radical (unpaired) electrons. The molecule has 0 fully saturated rings. The average molecular weight is 337 g/mol. The van der Waals surface area contributed by atoms with Crippen molar-refractivity contribution in [3.05, 3.63) is 58.9 Å². The Kier molecular flexibility index (Phi) is 4.52. The van der Waals surface area contributed by atoms with Gasteiger partial charge >= 0.3 is 6.18 Å². The SMILES string of the molecule is Fc1nc(F)c(F)c(NN=Cc2ccccc2C(F)(F)F)c1F. The zero-order chi connectivity index (χ0) is 17.2. The molecule has 2 rings (SSSR count). The van der Waals surface area contributed by atoms with Gasteiger partial charge in [0.1, 0.15) is 5.69 Å². The molecule has 23 heavy (non-hydrogen) atoms. The van der Waals surface area contributed by atoms with Crippen LogP contribution in [0.5, 0.6) is 0 Å². The van der Waals surface area contributed by atoms with Crippen molar-refractivity contribution in [2.45, 2.75) is 6.18 Å². The molecule has 0 unspecified atom stereocenters. The van der Waals surface area contributed by atoms with E-state index in [4.69, 9.17) is 0 Å². The van der Waals surface area contributed by atoms with Crippen LogP contribution in [-0.2, 0) is 6.18 Å². The van der Waals surface area contributed by atoms with Gasteiger partial charge in [-0.2, -0.15) is 40.8 Å². The Morgan fingerprint density at radius 1 is 0.957 bits per heavy atom. The molecule has 1 N–H and O–H groups in total. The molecule has 0 bridgehead atoms. The van der Waals surface area contributed by atoms with Gasteiger partial charge in [0.2, 0.25) is 11.6 Å². The fourth-order valence-corrected chi connectivity index (χ4v) is 1.62. The minimum atomic E-state index is -4.67. The summed E-state index contributed by atoms with van der Waals surface area (Å²) in [7, 11) is 0. The zero-order valence-corrected chi connectivity index (χ0v) is 10.9. The van der Waals surface area contributed by atoms with E-state index in [2.05, 4.69) is 10.1 Å². The van der Waals surface area contributed by atoms with E-state index in [1.807, 2.05) is 0 Å². The molecule has 0 aliphatic heterocycles. The van der Waals surface area contributed by atoms with E-state index in [-0.39, 0.29) is 0 Å². The Hall–Kier alpha value is -2.65. The molecule has 1 heterocycles. The number of nitrogens with one attached hydrogen (secondary N) is 1. The fraction of sp³-hybridized carbons (Fsp3) is 0.0769. The zero-order valence-electron chi connectivity index (χ0n) is 10.9. The van der Waals surface area contributed by atoms with E-state index in [9.17, 15) is 30.7 Å². The molecule has 0 saturated carbocycles. The minimum Gasteiger partial charge on any atom is -0.272 e. The van der Waals surface area contributed by atoms with Gasteiger partial charge in [0, 0.05) is 5.56 Å². The number of aromatic nitrogens is 1. The molecule has 1 aromatic heterocycles. The van der Waals surface area contributed by atoms with Crippen LogP contribution in [0.1, 0.15) is 11.1 Å². The molecule has 10 heteroatoms. The first kappa shape index (κ1) is 16.7. The van der Waals surface area contributed by atoms with Gasteiger partial charge in [0.05, 0.1) is 11.8 Å². The van der Waals surface area contributed by atoms with Crippen molar-refractivity contribution >= 4 is 11.9 Å². The molecule has 0 aliphatic rings. The van der Waals surface area contributed by atoms with E-state index in [1.54, 1.807) is 5.43 Å². The second-order valence-electron chi connectivity index (χ2n) is 4.15. The van der Waals surface area contributed by atoms with Crippen LogP contribution in [0.15, 0.2) is 29.4 Å². The molecular weight excluding hydrogens is 331 g/mol. The topological polar surface area (TPSA) is 37.3 Å². The largest absolute Gasteiger partial charge is 0.417 e. The maximum Gasteiger partial charge on any atom is 0.417 e. The summed E-state index contributed by atoms with van der Waals surface area (Å²) in [5.41, 5.74) is -1.14. The van der Waals surface area contributed by atoms with Crippen molar-refractivity contribution < 1.29 is 30.7 Å². The lowest BCUT2D eigenvalue weighted by molar-refractivity contribution is -0.137. The molecule has 0 amide bonds. The summed E-state index contributed by atoms with van der Waals surface area (Å²) in [5.74, 6) is -7.55. The van der Waals surface area contributed by atoms with E-state index in [0.29, 0.717) is 6.21 Å². The number of pyridine rings is 1. The Morgan fingerprint density at radius 2 is 1.52 bits per heavy atom. The van der Waals surface area contributed by atoms with Crippen LogP contribution in [0.25, 0.3) is 0 Å². The molecule has 3 nitrogen and oxygen atoms in total. The lowest BCUT2D eigenvalue weighted by Crippen LogP contribution is -2.09. The number of rotatable bonds is 3. The first-order valence-electron chi connectivity index (χ1n) is 5.87. The molecule has 0 atom stereocenters. The van der Waals surface area contributed by atoms with Crippen molar-refractivity contribution in [2.75, 3.05) is 5.43 Å². The Balaban J connectivity index is 2.31. The van der Waals surface area contributed by atoms with Gasteiger partial charge in [-0.1, -0.05) is 18.2 Å². The maximum atomic E-state index is 13.3. The lowest BCUT2D eigenvalue weighted by atomic mass is 10.1. The lowest BCUT2D eigenvalue weighted by Gasteiger charge is -2.09. The van der Waals surface area contributed by atoms with E-state index >= 15 is 0 Å². The average Bonchev–Trinajstić information content (AvgIpc) is 2.48. The predicted octanol–water partition coefficient (Wildman–Crippen LogP) is 4.10. The molecule has 122 valence electrons. The van der Waals surface area contributed by atoms with Crippen LogP contribution >= 0.6 is 0 Å². The summed E-state index contributed by atoms with van der Waals surface area (Å²) < 4.78 is 90.4. The number of anilines is 1. The van der Waals surface area contributed by atoms with Gasteiger partial charge in [-0.3, -0.25) is 5.43 Å². The normalized spacial score (nSPS) is 12.0.